The summed E-state index contributed by atoms with van der Waals surface area (Å²) in [6.45, 7) is 17.3. The summed E-state index contributed by atoms with van der Waals surface area (Å²) < 4.78 is 11.5. The lowest BCUT2D eigenvalue weighted by molar-refractivity contribution is 0.0835. The van der Waals surface area contributed by atoms with Crippen molar-refractivity contribution < 1.29 is 9.15 Å². The van der Waals surface area contributed by atoms with Crippen LogP contribution < -0.4 is 5.32 Å². The zero-order valence-electron chi connectivity index (χ0n) is 14.2. The Hall–Kier alpha value is -0.800. The molecule has 0 aromatic carbocycles. The van der Waals surface area contributed by atoms with Gasteiger partial charge in [0.25, 0.3) is 0 Å². The maximum atomic E-state index is 5.85. The van der Waals surface area contributed by atoms with Gasteiger partial charge in [0, 0.05) is 12.1 Å². The molecule has 0 spiro atoms. The van der Waals surface area contributed by atoms with Crippen LogP contribution in [0.25, 0.3) is 0 Å². The van der Waals surface area contributed by atoms with Gasteiger partial charge in [-0.1, -0.05) is 20.8 Å². The van der Waals surface area contributed by atoms with E-state index in [1.54, 1.807) is 0 Å². The molecule has 1 aromatic heterocycles. The normalized spacial score (nSPS) is 12.9. The average Bonchev–Trinajstić information content (AvgIpc) is 2.60. The lowest BCUT2D eigenvalue weighted by Gasteiger charge is -2.19. The smallest absolute Gasteiger partial charge is 0.130 e. The van der Waals surface area contributed by atoms with Crippen molar-refractivity contribution in [3.05, 3.63) is 23.2 Å². The molecule has 1 heterocycles. The van der Waals surface area contributed by atoms with Gasteiger partial charge in [-0.15, -0.1) is 0 Å². The Bertz CT molecular complexity index is 408. The van der Waals surface area contributed by atoms with Gasteiger partial charge in [0.2, 0.25) is 0 Å². The summed E-state index contributed by atoms with van der Waals surface area (Å²) in [4.78, 5) is 0. The van der Waals surface area contributed by atoms with Crippen LogP contribution in [0.4, 0.5) is 0 Å². The third-order valence-electron chi connectivity index (χ3n) is 3.09. The summed E-state index contributed by atoms with van der Waals surface area (Å²) in [5, 5.41) is 3.44. The van der Waals surface area contributed by atoms with E-state index in [4.69, 9.17) is 9.15 Å². The number of nitrogens with one attached hydrogen (secondary N) is 1. The first-order chi connectivity index (χ1) is 9.07. The van der Waals surface area contributed by atoms with Crippen molar-refractivity contribution in [1.29, 1.82) is 0 Å². The first kappa shape index (κ1) is 17.3. The fraction of sp³-hybridized carbons (Fsp3) is 0.765. The van der Waals surface area contributed by atoms with Crippen LogP contribution in [0.3, 0.4) is 0 Å². The van der Waals surface area contributed by atoms with Gasteiger partial charge in [0.1, 0.15) is 18.1 Å². The van der Waals surface area contributed by atoms with Gasteiger partial charge in [-0.2, -0.15) is 0 Å². The lowest BCUT2D eigenvalue weighted by atomic mass is 9.93. The van der Waals surface area contributed by atoms with E-state index >= 15 is 0 Å². The van der Waals surface area contributed by atoms with Crippen LogP contribution in [0.2, 0.25) is 0 Å². The minimum absolute atomic E-state index is 0.0998. The van der Waals surface area contributed by atoms with E-state index in [1.807, 2.05) is 0 Å². The first-order valence-electron chi connectivity index (χ1n) is 7.48. The van der Waals surface area contributed by atoms with E-state index in [0.717, 1.165) is 31.1 Å². The zero-order chi connectivity index (χ0) is 15.4. The molecule has 0 amide bonds. The Kier molecular flexibility index (Phi) is 5.84. The minimum Gasteiger partial charge on any atom is -0.462 e. The van der Waals surface area contributed by atoms with Crippen LogP contribution in [-0.4, -0.2) is 12.1 Å². The van der Waals surface area contributed by atoms with Gasteiger partial charge in [0.05, 0.1) is 6.54 Å². The monoisotopic (exact) mass is 281 g/mol. The largest absolute Gasteiger partial charge is 0.462 e. The van der Waals surface area contributed by atoms with E-state index in [-0.39, 0.29) is 5.54 Å². The standard InChI is InChI=1S/C17H31NO2/c1-13-10-14(12-19-9-8-16(2,3)4)20-15(13)11-18-17(5,6)7/h10,18H,8-9,11-12H2,1-7H3. The van der Waals surface area contributed by atoms with Gasteiger partial charge in [0.15, 0.2) is 0 Å². The molecule has 1 N–H and O–H groups in total. The molecule has 0 radical (unpaired) electrons. The first-order valence-corrected chi connectivity index (χ1v) is 7.48. The minimum atomic E-state index is 0.0998. The van der Waals surface area contributed by atoms with Crippen molar-refractivity contribution in [3.63, 3.8) is 0 Å². The Labute approximate surface area is 124 Å². The summed E-state index contributed by atoms with van der Waals surface area (Å²) in [5.74, 6) is 1.93. The molecule has 0 bridgehead atoms. The topological polar surface area (TPSA) is 34.4 Å². The Morgan fingerprint density at radius 1 is 1.15 bits per heavy atom. The van der Waals surface area contributed by atoms with Crippen LogP contribution in [0.5, 0.6) is 0 Å². The molecule has 0 aliphatic heterocycles. The van der Waals surface area contributed by atoms with Crippen molar-refractivity contribution in [2.45, 2.75) is 73.6 Å². The van der Waals surface area contributed by atoms with Crippen LogP contribution in [-0.2, 0) is 17.9 Å². The molecule has 20 heavy (non-hydrogen) atoms. The van der Waals surface area contributed by atoms with Crippen molar-refractivity contribution >= 4 is 0 Å². The van der Waals surface area contributed by atoms with Gasteiger partial charge >= 0.3 is 0 Å². The molecule has 1 aromatic rings. The third kappa shape index (κ3) is 7.11. The number of hydrogen-bond donors (Lipinski definition) is 1. The summed E-state index contributed by atoms with van der Waals surface area (Å²) in [6.07, 6.45) is 1.06. The van der Waals surface area contributed by atoms with Gasteiger partial charge < -0.3 is 14.5 Å². The predicted molar refractivity (Wildman–Crippen MR) is 83.8 cm³/mol. The molecule has 0 atom stereocenters. The Balaban J connectivity index is 2.41. The second kappa shape index (κ2) is 6.77. The van der Waals surface area contributed by atoms with Crippen molar-refractivity contribution in [2.24, 2.45) is 5.41 Å². The number of aryl methyl sites for hydroxylation is 1. The molecule has 116 valence electrons. The molecule has 0 saturated carbocycles. The predicted octanol–water partition coefficient (Wildman–Crippen LogP) is 4.43. The molecule has 3 nitrogen and oxygen atoms in total. The van der Waals surface area contributed by atoms with E-state index in [9.17, 15) is 0 Å². The second-order valence-corrected chi connectivity index (χ2v) is 7.79. The summed E-state index contributed by atoms with van der Waals surface area (Å²) in [6, 6.07) is 2.08. The highest BCUT2D eigenvalue weighted by Gasteiger charge is 2.13. The van der Waals surface area contributed by atoms with Crippen LogP contribution >= 0.6 is 0 Å². The van der Waals surface area contributed by atoms with Crippen molar-refractivity contribution in [2.75, 3.05) is 6.61 Å². The van der Waals surface area contributed by atoms with E-state index in [0.29, 0.717) is 12.0 Å². The molecule has 3 heteroatoms. The molecular weight excluding hydrogens is 250 g/mol. The van der Waals surface area contributed by atoms with Gasteiger partial charge in [-0.25, -0.2) is 0 Å². The maximum Gasteiger partial charge on any atom is 0.130 e. The van der Waals surface area contributed by atoms with Crippen LogP contribution in [0.15, 0.2) is 10.5 Å². The molecule has 0 unspecified atom stereocenters. The summed E-state index contributed by atoms with van der Waals surface area (Å²) in [7, 11) is 0. The highest BCUT2D eigenvalue weighted by molar-refractivity contribution is 5.19. The molecule has 0 saturated heterocycles. The third-order valence-corrected chi connectivity index (χ3v) is 3.09. The van der Waals surface area contributed by atoms with Gasteiger partial charge in [-0.05, 0) is 51.2 Å². The van der Waals surface area contributed by atoms with Crippen molar-refractivity contribution in [1.82, 2.24) is 5.32 Å². The quantitative estimate of drug-likeness (QED) is 0.783. The summed E-state index contributed by atoms with van der Waals surface area (Å²) in [5.41, 5.74) is 1.61. The molecule has 0 fully saturated rings. The Morgan fingerprint density at radius 2 is 1.80 bits per heavy atom. The average molecular weight is 281 g/mol. The highest BCUT2D eigenvalue weighted by atomic mass is 16.5. The molecule has 0 aliphatic rings. The fourth-order valence-corrected chi connectivity index (χ4v) is 1.73. The zero-order valence-corrected chi connectivity index (χ0v) is 14.2. The molecule has 1 rings (SSSR count). The molecule has 0 aliphatic carbocycles. The number of rotatable bonds is 6. The lowest BCUT2D eigenvalue weighted by Crippen LogP contribution is -2.35. The fourth-order valence-electron chi connectivity index (χ4n) is 1.73. The van der Waals surface area contributed by atoms with Crippen molar-refractivity contribution in [3.8, 4) is 0 Å². The number of furan rings is 1. The number of hydrogen-bond acceptors (Lipinski definition) is 3. The summed E-state index contributed by atoms with van der Waals surface area (Å²) >= 11 is 0. The van der Waals surface area contributed by atoms with Crippen LogP contribution in [0, 0.1) is 12.3 Å². The Morgan fingerprint density at radius 3 is 2.35 bits per heavy atom. The molecular formula is C17H31NO2. The second-order valence-electron chi connectivity index (χ2n) is 7.79. The number of ether oxygens (including phenoxy) is 1. The SMILES string of the molecule is Cc1cc(COCCC(C)(C)C)oc1CNC(C)(C)C. The van der Waals surface area contributed by atoms with Gasteiger partial charge in [-0.3, -0.25) is 0 Å². The van der Waals surface area contributed by atoms with Crippen LogP contribution in [0.1, 0.15) is 65.0 Å². The van der Waals surface area contributed by atoms with E-state index in [1.165, 1.54) is 5.56 Å². The highest BCUT2D eigenvalue weighted by Crippen LogP contribution is 2.20. The van der Waals surface area contributed by atoms with E-state index in [2.05, 4.69) is 59.8 Å². The maximum absolute atomic E-state index is 5.85. The van der Waals surface area contributed by atoms with E-state index < -0.39 is 0 Å².